The minimum atomic E-state index is 0. The molecule has 0 atom stereocenters. The van der Waals surface area contributed by atoms with Gasteiger partial charge in [-0.05, 0) is 12.1 Å². The number of hydrogen-bond acceptors (Lipinski definition) is 2. The molecule has 96 valence electrons. The number of halogens is 2. The lowest BCUT2D eigenvalue weighted by atomic mass is 10.1. The van der Waals surface area contributed by atoms with Gasteiger partial charge in [-0.25, -0.2) is 0 Å². The van der Waals surface area contributed by atoms with E-state index in [0.29, 0.717) is 11.1 Å². The molecular weight excluding hydrogens is 372 g/mol. The summed E-state index contributed by atoms with van der Waals surface area (Å²) in [5, 5.41) is 8.68. The summed E-state index contributed by atoms with van der Waals surface area (Å²) in [6, 6.07) is 12.7. The monoisotopic (exact) mass is 380 g/mol. The minimum Gasteiger partial charge on any atom is -1.00 e. The molecule has 0 fully saturated rings. The lowest BCUT2D eigenvalue weighted by molar-refractivity contribution is -0.683. The van der Waals surface area contributed by atoms with Gasteiger partial charge >= 0.3 is 0 Å². The van der Waals surface area contributed by atoms with Crippen molar-refractivity contribution in [3.05, 3.63) is 64.4 Å². The summed E-state index contributed by atoms with van der Waals surface area (Å²) >= 11 is 3.33. The highest BCUT2D eigenvalue weighted by atomic mass is 79.9. The zero-order chi connectivity index (χ0) is 13.0. The summed E-state index contributed by atoms with van der Waals surface area (Å²) < 4.78 is 2.70. The quantitative estimate of drug-likeness (QED) is 0.531. The second kappa shape index (κ2) is 7.17. The molecule has 2 aromatic rings. The van der Waals surface area contributed by atoms with E-state index < -0.39 is 0 Å². The number of carbonyl (C=O) groups excluding carboxylic acids is 1. The Labute approximate surface area is 130 Å². The van der Waals surface area contributed by atoms with Crippen LogP contribution in [0.2, 0.25) is 0 Å². The fourth-order valence-corrected chi connectivity index (χ4v) is 1.79. The van der Waals surface area contributed by atoms with Crippen LogP contribution in [0.1, 0.15) is 15.9 Å². The van der Waals surface area contributed by atoms with Gasteiger partial charge in [0.25, 0.3) is 0 Å². The molecule has 0 bridgehead atoms. The van der Waals surface area contributed by atoms with E-state index in [1.54, 1.807) is 41.2 Å². The molecule has 1 aromatic carbocycles. The van der Waals surface area contributed by atoms with Gasteiger partial charge < -0.3 is 17.0 Å². The van der Waals surface area contributed by atoms with E-state index in [1.165, 1.54) is 0 Å². The van der Waals surface area contributed by atoms with Gasteiger partial charge in [0.2, 0.25) is 12.3 Å². The van der Waals surface area contributed by atoms with Crippen molar-refractivity contribution in [3.8, 4) is 6.07 Å². The smallest absolute Gasteiger partial charge is 0.227 e. The maximum Gasteiger partial charge on any atom is 0.227 e. The van der Waals surface area contributed by atoms with E-state index in [2.05, 4.69) is 15.9 Å². The van der Waals surface area contributed by atoms with E-state index in [0.717, 1.165) is 4.47 Å². The van der Waals surface area contributed by atoms with Crippen molar-refractivity contribution in [3.63, 3.8) is 0 Å². The fourth-order valence-electron chi connectivity index (χ4n) is 1.53. The van der Waals surface area contributed by atoms with Crippen LogP contribution in [0.4, 0.5) is 0 Å². The molecule has 0 radical (unpaired) electrons. The van der Waals surface area contributed by atoms with Crippen LogP contribution in [0.15, 0.2) is 53.3 Å². The van der Waals surface area contributed by atoms with Crippen molar-refractivity contribution >= 4 is 21.7 Å². The fraction of sp³-hybridized carbons (Fsp3) is 0.0714. The molecule has 1 heterocycles. The van der Waals surface area contributed by atoms with E-state index in [9.17, 15) is 4.79 Å². The summed E-state index contributed by atoms with van der Waals surface area (Å²) in [5.41, 5.74) is 1.26. The number of nitriles is 1. The number of carbonyl (C=O) groups is 1. The third-order valence-corrected chi connectivity index (χ3v) is 3.04. The topological polar surface area (TPSA) is 44.7 Å². The van der Waals surface area contributed by atoms with Crippen LogP contribution in [0.3, 0.4) is 0 Å². The molecule has 0 N–H and O–H groups in total. The zero-order valence-electron chi connectivity index (χ0n) is 9.88. The van der Waals surface area contributed by atoms with Crippen LogP contribution >= 0.6 is 15.9 Å². The van der Waals surface area contributed by atoms with Gasteiger partial charge in [-0.15, -0.1) is 0 Å². The first kappa shape index (κ1) is 15.5. The highest BCUT2D eigenvalue weighted by Gasteiger charge is 2.11. The Morgan fingerprint density at radius 3 is 2.26 bits per heavy atom. The molecule has 0 aliphatic heterocycles. The van der Waals surface area contributed by atoms with Gasteiger partial charge in [0.05, 0.1) is 11.6 Å². The van der Waals surface area contributed by atoms with E-state index >= 15 is 0 Å². The van der Waals surface area contributed by atoms with Crippen molar-refractivity contribution in [1.82, 2.24) is 0 Å². The molecule has 0 saturated carbocycles. The third kappa shape index (κ3) is 4.27. The van der Waals surface area contributed by atoms with Crippen LogP contribution in [0.25, 0.3) is 0 Å². The van der Waals surface area contributed by atoms with Crippen LogP contribution < -0.4 is 21.5 Å². The van der Waals surface area contributed by atoms with Gasteiger partial charge in [-0.2, -0.15) is 9.83 Å². The Balaban J connectivity index is 0.00000180. The number of hydrogen-bond donors (Lipinski definition) is 0. The first-order valence-electron chi connectivity index (χ1n) is 5.37. The Kier molecular flexibility index (Phi) is 5.87. The summed E-state index contributed by atoms with van der Waals surface area (Å²) in [5.74, 6) is 0.0391. The summed E-state index contributed by atoms with van der Waals surface area (Å²) in [4.78, 5) is 12.0. The zero-order valence-corrected chi connectivity index (χ0v) is 13.1. The van der Waals surface area contributed by atoms with E-state index in [1.807, 2.05) is 18.2 Å². The molecular formula is C14H10Br2N2O. The average Bonchev–Trinajstić information content (AvgIpc) is 2.40. The Morgan fingerprint density at radius 2 is 1.74 bits per heavy atom. The number of nitrogens with zero attached hydrogens (tertiary/aromatic N) is 2. The second-order valence-electron chi connectivity index (χ2n) is 3.80. The van der Waals surface area contributed by atoms with Crippen molar-refractivity contribution in [2.24, 2.45) is 0 Å². The number of pyridine rings is 1. The Hall–Kier alpha value is -1.51. The Morgan fingerprint density at radius 1 is 1.16 bits per heavy atom. The highest BCUT2D eigenvalue weighted by Crippen LogP contribution is 2.10. The summed E-state index contributed by atoms with van der Waals surface area (Å²) in [6.45, 7) is 0.271. The predicted octanol–water partition coefficient (Wildman–Crippen LogP) is -0.505. The lowest BCUT2D eigenvalue weighted by Crippen LogP contribution is -3.00. The molecule has 0 unspecified atom stereocenters. The van der Waals surface area contributed by atoms with Gasteiger partial charge in [-0.1, -0.05) is 28.1 Å². The SMILES string of the molecule is N#Cc1cc[n+](CC(=O)c2ccc(Br)cc2)cc1.[Br-]. The molecule has 1 aromatic heterocycles. The van der Waals surface area contributed by atoms with Crippen LogP contribution in [-0.4, -0.2) is 5.78 Å². The molecule has 0 saturated heterocycles. The first-order valence-corrected chi connectivity index (χ1v) is 6.16. The number of benzene rings is 1. The van der Waals surface area contributed by atoms with Gasteiger partial charge in [0.15, 0.2) is 12.4 Å². The predicted molar refractivity (Wildman–Crippen MR) is 69.8 cm³/mol. The number of rotatable bonds is 3. The maximum atomic E-state index is 12.0. The number of ketones is 1. The molecule has 2 rings (SSSR count). The van der Waals surface area contributed by atoms with Gasteiger partial charge in [0, 0.05) is 22.2 Å². The van der Waals surface area contributed by atoms with Gasteiger partial charge in [0.1, 0.15) is 0 Å². The number of Topliss-reactive ketones (excluding diaryl/α,β-unsaturated/α-hetero) is 1. The minimum absolute atomic E-state index is 0. The normalized spacial score (nSPS) is 9.26. The van der Waals surface area contributed by atoms with Crippen LogP contribution in [0, 0.1) is 11.3 Å². The highest BCUT2D eigenvalue weighted by molar-refractivity contribution is 9.10. The lowest BCUT2D eigenvalue weighted by Gasteiger charge is -1.98. The first-order chi connectivity index (χ1) is 8.69. The van der Waals surface area contributed by atoms with Crippen LogP contribution in [0.5, 0.6) is 0 Å². The summed E-state index contributed by atoms with van der Waals surface area (Å²) in [7, 11) is 0. The third-order valence-electron chi connectivity index (χ3n) is 2.51. The molecule has 0 aliphatic carbocycles. The molecule has 3 nitrogen and oxygen atoms in total. The standard InChI is InChI=1S/C14H10BrN2O.BrH/c15-13-3-1-12(2-4-13)14(18)10-17-7-5-11(9-16)6-8-17;/h1-8H,10H2;1H/q+1;/p-1. The van der Waals surface area contributed by atoms with E-state index in [4.69, 9.17) is 5.26 Å². The van der Waals surface area contributed by atoms with Crippen molar-refractivity contribution in [2.45, 2.75) is 6.54 Å². The summed E-state index contributed by atoms with van der Waals surface area (Å²) in [6.07, 6.45) is 3.46. The van der Waals surface area contributed by atoms with Crippen LogP contribution in [-0.2, 0) is 6.54 Å². The average molecular weight is 382 g/mol. The van der Waals surface area contributed by atoms with Crippen molar-refractivity contribution < 1.29 is 26.3 Å². The molecule has 5 heteroatoms. The molecule has 0 aliphatic rings. The van der Waals surface area contributed by atoms with Crippen molar-refractivity contribution in [1.29, 1.82) is 5.26 Å². The van der Waals surface area contributed by atoms with E-state index in [-0.39, 0.29) is 29.3 Å². The Bertz CT molecular complexity index is 601. The molecule has 0 spiro atoms. The number of aromatic nitrogens is 1. The largest absolute Gasteiger partial charge is 1.00 e. The molecule has 0 amide bonds. The maximum absolute atomic E-state index is 12.0. The van der Waals surface area contributed by atoms with Crippen molar-refractivity contribution in [2.75, 3.05) is 0 Å². The van der Waals surface area contributed by atoms with Gasteiger partial charge in [-0.3, -0.25) is 4.79 Å². The molecule has 19 heavy (non-hydrogen) atoms. The second-order valence-corrected chi connectivity index (χ2v) is 4.72.